The zero-order valence-corrected chi connectivity index (χ0v) is 20.8. The number of anilines is 1. The Bertz CT molecular complexity index is 1070. The summed E-state index contributed by atoms with van der Waals surface area (Å²) in [5.74, 6) is 0.879. The van der Waals surface area contributed by atoms with E-state index in [2.05, 4.69) is 17.2 Å². The van der Waals surface area contributed by atoms with Crippen molar-refractivity contribution >= 4 is 22.7 Å². The van der Waals surface area contributed by atoms with E-state index in [0.29, 0.717) is 34.8 Å². The SMILES string of the molecule is CCCCCCCCCCCCC(Oc1ccccc1)C(=O)Nc1ccc2nc(CC#N)oc2c1. The van der Waals surface area contributed by atoms with Gasteiger partial charge in [0.25, 0.3) is 5.91 Å². The summed E-state index contributed by atoms with van der Waals surface area (Å²) in [6.45, 7) is 2.25. The van der Waals surface area contributed by atoms with Gasteiger partial charge in [-0.1, -0.05) is 82.9 Å². The van der Waals surface area contributed by atoms with Crippen LogP contribution >= 0.6 is 0 Å². The Kier molecular flexibility index (Phi) is 11.1. The van der Waals surface area contributed by atoms with Gasteiger partial charge in [-0.25, -0.2) is 4.98 Å². The van der Waals surface area contributed by atoms with Crippen LogP contribution in [0.3, 0.4) is 0 Å². The van der Waals surface area contributed by atoms with Gasteiger partial charge in [0.2, 0.25) is 5.89 Å². The van der Waals surface area contributed by atoms with Crippen LogP contribution in [0, 0.1) is 11.3 Å². The smallest absolute Gasteiger partial charge is 0.265 e. The number of oxazole rings is 1. The fraction of sp³-hybridized carbons (Fsp3) is 0.483. The summed E-state index contributed by atoms with van der Waals surface area (Å²) < 4.78 is 11.7. The maximum atomic E-state index is 13.1. The van der Waals surface area contributed by atoms with Crippen molar-refractivity contribution in [2.45, 2.75) is 90.1 Å². The van der Waals surface area contributed by atoms with E-state index in [1.807, 2.05) is 36.4 Å². The number of aromatic nitrogens is 1. The number of ether oxygens (including phenoxy) is 1. The molecule has 1 N–H and O–H groups in total. The second-order valence-electron chi connectivity index (χ2n) is 9.00. The van der Waals surface area contributed by atoms with E-state index in [0.717, 1.165) is 12.8 Å². The van der Waals surface area contributed by atoms with E-state index in [4.69, 9.17) is 14.4 Å². The molecule has 1 atom stereocenters. The summed E-state index contributed by atoms with van der Waals surface area (Å²) in [5, 5.41) is 11.8. The first kappa shape index (κ1) is 26.3. The number of para-hydroxylation sites is 1. The standard InChI is InChI=1S/C29H37N3O3/c1-2-3-4-5-6-7-8-9-10-14-17-26(34-24-15-12-11-13-16-24)29(33)31-23-18-19-25-27(22-23)35-28(32-25)20-21-30/h11-13,15-16,18-19,22,26H,2-10,14,17,20H2,1H3,(H,31,33). The largest absolute Gasteiger partial charge is 0.481 e. The van der Waals surface area contributed by atoms with Crippen molar-refractivity contribution in [2.75, 3.05) is 5.32 Å². The van der Waals surface area contributed by atoms with E-state index >= 15 is 0 Å². The molecule has 0 aliphatic rings. The van der Waals surface area contributed by atoms with Crippen LogP contribution < -0.4 is 10.1 Å². The van der Waals surface area contributed by atoms with Gasteiger partial charge in [0.05, 0.1) is 6.07 Å². The average Bonchev–Trinajstić information content (AvgIpc) is 3.27. The van der Waals surface area contributed by atoms with Gasteiger partial charge in [-0.2, -0.15) is 5.26 Å². The number of hydrogen-bond acceptors (Lipinski definition) is 5. The van der Waals surface area contributed by atoms with E-state index < -0.39 is 6.10 Å². The van der Waals surface area contributed by atoms with E-state index in [1.165, 1.54) is 51.4 Å². The van der Waals surface area contributed by atoms with Crippen LogP contribution in [0.25, 0.3) is 11.1 Å². The number of carbonyl (C=O) groups excluding carboxylic acids is 1. The van der Waals surface area contributed by atoms with Gasteiger partial charge in [0.15, 0.2) is 11.7 Å². The van der Waals surface area contributed by atoms with Gasteiger partial charge in [0, 0.05) is 11.8 Å². The molecule has 0 fully saturated rings. The predicted octanol–water partition coefficient (Wildman–Crippen LogP) is 7.59. The summed E-state index contributed by atoms with van der Waals surface area (Å²) in [6.07, 6.45) is 12.7. The lowest BCUT2D eigenvalue weighted by molar-refractivity contribution is -0.123. The molecule has 6 nitrogen and oxygen atoms in total. The molecule has 0 aliphatic heterocycles. The van der Waals surface area contributed by atoms with Crippen molar-refractivity contribution in [1.82, 2.24) is 4.98 Å². The van der Waals surface area contributed by atoms with Crippen LogP contribution in [0.1, 0.15) is 83.4 Å². The van der Waals surface area contributed by atoms with Crippen LogP contribution in [-0.2, 0) is 11.2 Å². The molecule has 1 aromatic heterocycles. The molecule has 1 unspecified atom stereocenters. The quantitative estimate of drug-likeness (QED) is 0.216. The summed E-state index contributed by atoms with van der Waals surface area (Å²) in [6, 6.07) is 16.8. The molecule has 0 aliphatic carbocycles. The van der Waals surface area contributed by atoms with Crippen molar-refractivity contribution in [3.05, 3.63) is 54.4 Å². The molecule has 2 aromatic carbocycles. The Labute approximate surface area is 208 Å². The zero-order chi connectivity index (χ0) is 24.7. The summed E-state index contributed by atoms with van der Waals surface area (Å²) in [5.41, 5.74) is 1.82. The number of unbranched alkanes of at least 4 members (excludes halogenated alkanes) is 9. The fourth-order valence-corrected chi connectivity index (χ4v) is 4.14. The highest BCUT2D eigenvalue weighted by molar-refractivity contribution is 5.95. The van der Waals surface area contributed by atoms with E-state index in [1.54, 1.807) is 18.2 Å². The second-order valence-corrected chi connectivity index (χ2v) is 9.00. The minimum absolute atomic E-state index is 0.113. The number of carbonyl (C=O) groups is 1. The number of hydrogen-bond donors (Lipinski definition) is 1. The summed E-state index contributed by atoms with van der Waals surface area (Å²) in [4.78, 5) is 17.4. The molecule has 0 radical (unpaired) electrons. The number of rotatable bonds is 16. The Balaban J connectivity index is 1.51. The Morgan fingerprint density at radius 1 is 1.00 bits per heavy atom. The van der Waals surface area contributed by atoms with Gasteiger partial charge in [-0.3, -0.25) is 4.79 Å². The first-order chi connectivity index (χ1) is 17.2. The third kappa shape index (κ3) is 9.09. The number of nitrogens with one attached hydrogen (secondary N) is 1. The van der Waals surface area contributed by atoms with E-state index in [-0.39, 0.29) is 12.3 Å². The van der Waals surface area contributed by atoms with E-state index in [9.17, 15) is 4.79 Å². The molecule has 3 aromatic rings. The van der Waals surface area contributed by atoms with Crippen LogP contribution in [0.2, 0.25) is 0 Å². The Morgan fingerprint density at radius 2 is 1.69 bits per heavy atom. The molecule has 0 spiro atoms. The minimum atomic E-state index is -0.578. The average molecular weight is 476 g/mol. The number of nitrogens with zero attached hydrogens (tertiary/aromatic N) is 2. The number of benzene rings is 2. The molecule has 186 valence electrons. The highest BCUT2D eigenvalue weighted by atomic mass is 16.5. The molecule has 1 heterocycles. The maximum Gasteiger partial charge on any atom is 0.265 e. The third-order valence-electron chi connectivity index (χ3n) is 6.06. The molecular formula is C29H37N3O3. The predicted molar refractivity (Wildman–Crippen MR) is 139 cm³/mol. The molecule has 35 heavy (non-hydrogen) atoms. The van der Waals surface area contributed by atoms with Crippen LogP contribution in [0.4, 0.5) is 5.69 Å². The normalized spacial score (nSPS) is 11.8. The lowest BCUT2D eigenvalue weighted by Gasteiger charge is -2.19. The highest BCUT2D eigenvalue weighted by Crippen LogP contribution is 2.22. The number of fused-ring (bicyclic) bond motifs is 1. The maximum absolute atomic E-state index is 13.1. The van der Waals surface area contributed by atoms with Crippen molar-refractivity contribution in [1.29, 1.82) is 5.26 Å². The summed E-state index contributed by atoms with van der Waals surface area (Å²) in [7, 11) is 0. The third-order valence-corrected chi connectivity index (χ3v) is 6.06. The lowest BCUT2D eigenvalue weighted by Crippen LogP contribution is -2.33. The van der Waals surface area contributed by atoms with Crippen molar-refractivity contribution in [3.8, 4) is 11.8 Å². The zero-order valence-electron chi connectivity index (χ0n) is 20.8. The Morgan fingerprint density at radius 3 is 2.37 bits per heavy atom. The minimum Gasteiger partial charge on any atom is -0.481 e. The molecule has 0 saturated carbocycles. The lowest BCUT2D eigenvalue weighted by atomic mass is 10.0. The van der Waals surface area contributed by atoms with Gasteiger partial charge < -0.3 is 14.5 Å². The fourth-order valence-electron chi connectivity index (χ4n) is 4.14. The molecular weight excluding hydrogens is 438 g/mol. The highest BCUT2D eigenvalue weighted by Gasteiger charge is 2.21. The summed E-state index contributed by atoms with van der Waals surface area (Å²) >= 11 is 0. The number of amides is 1. The first-order valence-corrected chi connectivity index (χ1v) is 13.0. The van der Waals surface area contributed by atoms with Crippen molar-refractivity contribution < 1.29 is 13.9 Å². The molecule has 3 rings (SSSR count). The van der Waals surface area contributed by atoms with Crippen LogP contribution in [0.5, 0.6) is 5.75 Å². The first-order valence-electron chi connectivity index (χ1n) is 13.0. The molecule has 6 heteroatoms. The van der Waals surface area contributed by atoms with Gasteiger partial charge >= 0.3 is 0 Å². The molecule has 0 bridgehead atoms. The van der Waals surface area contributed by atoms with Crippen LogP contribution in [0.15, 0.2) is 52.9 Å². The van der Waals surface area contributed by atoms with Crippen molar-refractivity contribution in [3.63, 3.8) is 0 Å². The van der Waals surface area contributed by atoms with Crippen LogP contribution in [-0.4, -0.2) is 17.0 Å². The molecule has 1 amide bonds. The topological polar surface area (TPSA) is 88.1 Å². The van der Waals surface area contributed by atoms with Gasteiger partial charge in [0.1, 0.15) is 17.7 Å². The monoisotopic (exact) mass is 475 g/mol. The van der Waals surface area contributed by atoms with Gasteiger partial charge in [-0.05, 0) is 37.1 Å². The number of nitriles is 1. The van der Waals surface area contributed by atoms with Crippen molar-refractivity contribution in [2.24, 2.45) is 0 Å². The second kappa shape index (κ2) is 14.8. The van der Waals surface area contributed by atoms with Gasteiger partial charge in [-0.15, -0.1) is 0 Å². The Hall–Kier alpha value is -3.33. The molecule has 0 saturated heterocycles.